The third kappa shape index (κ3) is 5.86. The number of para-hydroxylation sites is 2. The van der Waals surface area contributed by atoms with Gasteiger partial charge in [0.1, 0.15) is 11.3 Å². The van der Waals surface area contributed by atoms with Gasteiger partial charge in [-0.05, 0) is 55.8 Å². The molecule has 3 aromatic carbocycles. The zero-order chi connectivity index (χ0) is 27.4. The van der Waals surface area contributed by atoms with Crippen LogP contribution in [0.25, 0.3) is 11.0 Å². The molecule has 0 unspecified atom stereocenters. The predicted octanol–water partition coefficient (Wildman–Crippen LogP) is 6.98. The molecule has 1 N–H and O–H groups in total. The van der Waals surface area contributed by atoms with E-state index >= 15 is 0 Å². The molecule has 0 spiro atoms. The van der Waals surface area contributed by atoms with E-state index in [2.05, 4.69) is 5.32 Å². The Morgan fingerprint density at radius 3 is 2.47 bits per heavy atom. The van der Waals surface area contributed by atoms with E-state index in [4.69, 9.17) is 30.2 Å². The van der Waals surface area contributed by atoms with Crippen molar-refractivity contribution >= 4 is 34.2 Å². The summed E-state index contributed by atoms with van der Waals surface area (Å²) in [6.07, 6.45) is -5.05. The number of carbonyl (C=O) groups is 1. The van der Waals surface area contributed by atoms with E-state index in [9.17, 15) is 22.8 Å². The van der Waals surface area contributed by atoms with Gasteiger partial charge in [-0.2, -0.15) is 13.2 Å². The minimum Gasteiger partial charge on any atom is -0.490 e. The van der Waals surface area contributed by atoms with Crippen molar-refractivity contribution in [3.05, 3.63) is 87.2 Å². The van der Waals surface area contributed by atoms with Crippen molar-refractivity contribution in [2.45, 2.75) is 20.0 Å². The van der Waals surface area contributed by atoms with Gasteiger partial charge in [0, 0.05) is 16.8 Å². The quantitative estimate of drug-likeness (QED) is 0.256. The van der Waals surface area contributed by atoms with Crippen molar-refractivity contribution in [2.75, 3.05) is 18.5 Å². The number of carbonyl (C=O) groups excluding carboxylic acids is 1. The molecule has 0 radical (unpaired) electrons. The lowest BCUT2D eigenvalue weighted by Gasteiger charge is -2.15. The van der Waals surface area contributed by atoms with Crippen LogP contribution in [-0.4, -0.2) is 19.1 Å². The maximum Gasteiger partial charge on any atom is 0.453 e. The summed E-state index contributed by atoms with van der Waals surface area (Å²) in [7, 11) is 0. The summed E-state index contributed by atoms with van der Waals surface area (Å²) in [4.78, 5) is 25.4. The minimum absolute atomic E-state index is 0.0158. The van der Waals surface area contributed by atoms with E-state index in [-0.39, 0.29) is 29.2 Å². The van der Waals surface area contributed by atoms with Crippen molar-refractivity contribution in [3.8, 4) is 23.0 Å². The van der Waals surface area contributed by atoms with E-state index in [0.717, 1.165) is 6.07 Å². The van der Waals surface area contributed by atoms with E-state index in [1.807, 2.05) is 0 Å². The van der Waals surface area contributed by atoms with Crippen molar-refractivity contribution in [1.29, 1.82) is 0 Å². The number of fused-ring (bicyclic) bond motifs is 1. The van der Waals surface area contributed by atoms with E-state index in [1.165, 1.54) is 30.3 Å². The highest BCUT2D eigenvalue weighted by atomic mass is 35.5. The molecule has 4 rings (SSSR count). The van der Waals surface area contributed by atoms with Gasteiger partial charge in [-0.1, -0.05) is 29.8 Å². The molecular weight excluding hydrogens is 527 g/mol. The van der Waals surface area contributed by atoms with Gasteiger partial charge in [0.2, 0.25) is 11.2 Å². The van der Waals surface area contributed by atoms with Crippen LogP contribution in [0.3, 0.4) is 0 Å². The molecule has 0 aliphatic carbocycles. The number of hydrogen-bond acceptors (Lipinski definition) is 6. The largest absolute Gasteiger partial charge is 0.490 e. The van der Waals surface area contributed by atoms with Crippen LogP contribution >= 0.6 is 11.6 Å². The summed E-state index contributed by atoms with van der Waals surface area (Å²) in [5.41, 5.74) is -0.276. The van der Waals surface area contributed by atoms with Crippen molar-refractivity contribution in [1.82, 2.24) is 0 Å². The lowest BCUT2D eigenvalue weighted by Crippen LogP contribution is -2.20. The van der Waals surface area contributed by atoms with E-state index in [1.54, 1.807) is 38.1 Å². The summed E-state index contributed by atoms with van der Waals surface area (Å²) >= 11 is 6.05. The third-order valence-corrected chi connectivity index (χ3v) is 5.76. The van der Waals surface area contributed by atoms with Gasteiger partial charge in [-0.3, -0.25) is 9.59 Å². The van der Waals surface area contributed by atoms with Crippen molar-refractivity contribution in [3.63, 3.8) is 0 Å². The fraction of sp³-hybridized carbons (Fsp3) is 0.185. The van der Waals surface area contributed by atoms with Crippen LogP contribution in [0.4, 0.5) is 18.9 Å². The molecule has 198 valence electrons. The zero-order valence-electron chi connectivity index (χ0n) is 20.1. The summed E-state index contributed by atoms with van der Waals surface area (Å²) in [6, 6.07) is 14.7. The Hall–Kier alpha value is -4.18. The molecule has 0 aliphatic rings. The highest BCUT2D eigenvalue weighted by molar-refractivity contribution is 6.31. The molecule has 38 heavy (non-hydrogen) atoms. The van der Waals surface area contributed by atoms with Gasteiger partial charge in [0.15, 0.2) is 18.1 Å². The van der Waals surface area contributed by atoms with Gasteiger partial charge < -0.3 is 23.9 Å². The molecule has 1 aromatic heterocycles. The highest BCUT2D eigenvalue weighted by Crippen LogP contribution is 2.40. The SMILES string of the molecule is CCOc1ccccc1Oc1c(C(F)(F)F)oc2cc(OCC(=O)Nc3cccc(Cl)c3C)ccc2c1=O. The van der Waals surface area contributed by atoms with Crippen LogP contribution in [0, 0.1) is 6.92 Å². The topological polar surface area (TPSA) is 87.0 Å². The number of hydrogen-bond donors (Lipinski definition) is 1. The molecule has 1 heterocycles. The molecule has 1 amide bonds. The number of rotatable bonds is 8. The molecular formula is C27H21ClF3NO6. The van der Waals surface area contributed by atoms with Gasteiger partial charge >= 0.3 is 6.18 Å². The smallest absolute Gasteiger partial charge is 0.453 e. The van der Waals surface area contributed by atoms with Crippen molar-refractivity contribution in [2.24, 2.45) is 0 Å². The normalized spacial score (nSPS) is 11.3. The number of amides is 1. The van der Waals surface area contributed by atoms with Gasteiger partial charge in [-0.25, -0.2) is 0 Å². The Labute approximate surface area is 219 Å². The second-order valence-electron chi connectivity index (χ2n) is 7.98. The van der Waals surface area contributed by atoms with Gasteiger partial charge in [0.25, 0.3) is 11.7 Å². The van der Waals surface area contributed by atoms with E-state index < -0.39 is 41.2 Å². The number of halogens is 4. The Balaban J connectivity index is 1.62. The zero-order valence-corrected chi connectivity index (χ0v) is 20.9. The van der Waals surface area contributed by atoms with Crippen LogP contribution in [-0.2, 0) is 11.0 Å². The third-order valence-electron chi connectivity index (χ3n) is 5.35. The Bertz CT molecular complexity index is 1550. The second-order valence-corrected chi connectivity index (χ2v) is 8.38. The van der Waals surface area contributed by atoms with E-state index in [0.29, 0.717) is 16.3 Å². The Morgan fingerprint density at radius 2 is 1.76 bits per heavy atom. The number of alkyl halides is 3. The van der Waals surface area contributed by atoms with Crippen molar-refractivity contribution < 1.29 is 36.6 Å². The molecule has 11 heteroatoms. The number of nitrogens with one attached hydrogen (secondary N) is 1. The molecule has 0 bridgehead atoms. The molecule has 0 atom stereocenters. The fourth-order valence-electron chi connectivity index (χ4n) is 3.52. The summed E-state index contributed by atoms with van der Waals surface area (Å²) in [5.74, 6) is -3.06. The first kappa shape index (κ1) is 26.9. The first-order valence-corrected chi connectivity index (χ1v) is 11.7. The number of ether oxygens (including phenoxy) is 3. The summed E-state index contributed by atoms with van der Waals surface area (Å²) < 4.78 is 63.0. The molecule has 0 saturated heterocycles. The van der Waals surface area contributed by atoms with Gasteiger partial charge in [0.05, 0.1) is 12.0 Å². The number of benzene rings is 3. The molecule has 0 fully saturated rings. The number of anilines is 1. The average molecular weight is 548 g/mol. The van der Waals surface area contributed by atoms with Crippen LogP contribution in [0.5, 0.6) is 23.0 Å². The van der Waals surface area contributed by atoms with Gasteiger partial charge in [-0.15, -0.1) is 0 Å². The molecule has 4 aromatic rings. The maximum atomic E-state index is 13.9. The molecule has 0 saturated carbocycles. The van der Waals surface area contributed by atoms with Crippen LogP contribution in [0.2, 0.25) is 5.02 Å². The first-order valence-electron chi connectivity index (χ1n) is 11.3. The summed E-state index contributed by atoms with van der Waals surface area (Å²) in [5, 5.41) is 2.94. The fourth-order valence-corrected chi connectivity index (χ4v) is 3.70. The first-order chi connectivity index (χ1) is 18.1. The highest BCUT2D eigenvalue weighted by Gasteiger charge is 2.40. The van der Waals surface area contributed by atoms with Crippen LogP contribution in [0.15, 0.2) is 69.9 Å². The second kappa shape index (κ2) is 11.1. The summed E-state index contributed by atoms with van der Waals surface area (Å²) in [6.45, 7) is 3.21. The lowest BCUT2D eigenvalue weighted by molar-refractivity contribution is -0.154. The average Bonchev–Trinajstić information content (AvgIpc) is 2.87. The minimum atomic E-state index is -5.05. The Kier molecular flexibility index (Phi) is 7.82. The molecule has 0 aliphatic heterocycles. The Morgan fingerprint density at radius 1 is 1.03 bits per heavy atom. The lowest BCUT2D eigenvalue weighted by atomic mass is 10.2. The maximum absolute atomic E-state index is 13.9. The van der Waals surface area contributed by atoms with Crippen LogP contribution < -0.4 is 25.0 Å². The molecule has 7 nitrogen and oxygen atoms in total. The monoisotopic (exact) mass is 547 g/mol. The van der Waals surface area contributed by atoms with Crippen LogP contribution in [0.1, 0.15) is 18.2 Å². The standard InChI is InChI=1S/C27H21ClF3NO6/c1-3-35-20-9-4-5-10-21(20)37-25-24(34)17-12-11-16(13-22(17)38-26(25)27(29,30)31)36-14-23(33)32-19-8-6-7-18(28)15(19)2/h4-13H,3,14H2,1-2H3,(H,32,33). The predicted molar refractivity (Wildman–Crippen MR) is 135 cm³/mol.